The topological polar surface area (TPSA) is 114 Å². The van der Waals surface area contributed by atoms with Gasteiger partial charge in [0.2, 0.25) is 5.88 Å². The molecule has 0 unspecified atom stereocenters. The number of benzene rings is 3. The number of non-ortho nitro benzene ring substituents is 1. The monoisotopic (exact) mass is 549 g/mol. The summed E-state index contributed by atoms with van der Waals surface area (Å²) in [7, 11) is -4.10. The molecule has 1 aromatic heterocycles. The summed E-state index contributed by atoms with van der Waals surface area (Å²) in [4.78, 5) is 10.7. The van der Waals surface area contributed by atoms with Crippen molar-refractivity contribution >= 4 is 42.5 Å². The molecule has 1 heterocycles. The molecule has 0 saturated heterocycles. The predicted octanol–water partition coefficient (Wildman–Crippen LogP) is 4.85. The number of nitro benzene ring substituents is 1. The molecule has 12 heteroatoms. The number of nitrogens with zero attached hydrogens (tertiary/aromatic N) is 3. The highest BCUT2D eigenvalue weighted by molar-refractivity contribution is 9.10. The van der Waals surface area contributed by atoms with E-state index in [2.05, 4.69) is 21.0 Å². The van der Waals surface area contributed by atoms with E-state index < -0.39 is 20.8 Å². The van der Waals surface area contributed by atoms with Crippen LogP contribution in [0.5, 0.6) is 11.6 Å². The van der Waals surface area contributed by atoms with Gasteiger partial charge in [0, 0.05) is 12.1 Å². The largest absolute Gasteiger partial charge is 0.489 e. The van der Waals surface area contributed by atoms with E-state index >= 15 is 0 Å². The SMILES string of the molecule is Cc1ccc(S(=O)(=O)n2nc(OCCOc3ccc(F)cc3Br)c3cc([N+](=O)[O-])ccc32)cc1. The second-order valence-corrected chi connectivity index (χ2v) is 9.82. The van der Waals surface area contributed by atoms with Crippen LogP contribution in [0.2, 0.25) is 0 Å². The second-order valence-electron chi connectivity index (χ2n) is 7.20. The van der Waals surface area contributed by atoms with E-state index in [4.69, 9.17) is 9.47 Å². The summed E-state index contributed by atoms with van der Waals surface area (Å²) in [5.74, 6) is -0.141. The molecule has 176 valence electrons. The van der Waals surface area contributed by atoms with Crippen molar-refractivity contribution < 1.29 is 27.2 Å². The fourth-order valence-electron chi connectivity index (χ4n) is 3.15. The third kappa shape index (κ3) is 4.73. The van der Waals surface area contributed by atoms with E-state index in [1.807, 2.05) is 6.92 Å². The molecule has 0 aliphatic carbocycles. The Kier molecular flexibility index (Phi) is 6.53. The standard InChI is InChI=1S/C22H17BrFN3O6S/c1-14-2-6-17(7-3-14)34(30,31)26-20-8-5-16(27(28)29)13-18(20)22(25-26)33-11-10-32-21-9-4-15(24)12-19(21)23/h2-9,12-13H,10-11H2,1H3. The zero-order valence-corrected chi connectivity index (χ0v) is 20.0. The van der Waals surface area contributed by atoms with E-state index in [1.54, 1.807) is 12.1 Å². The molecule has 0 fully saturated rings. The van der Waals surface area contributed by atoms with Crippen LogP contribution < -0.4 is 9.47 Å². The van der Waals surface area contributed by atoms with Crippen molar-refractivity contribution in [2.75, 3.05) is 13.2 Å². The van der Waals surface area contributed by atoms with E-state index in [0.29, 0.717) is 10.2 Å². The van der Waals surface area contributed by atoms with Gasteiger partial charge in [-0.15, -0.1) is 9.19 Å². The van der Waals surface area contributed by atoms with Crippen molar-refractivity contribution in [2.45, 2.75) is 11.8 Å². The number of nitro groups is 1. The summed E-state index contributed by atoms with van der Waals surface area (Å²) in [5.41, 5.74) is 0.774. The Morgan fingerprint density at radius 1 is 1.06 bits per heavy atom. The third-order valence-corrected chi connectivity index (χ3v) is 7.05. The van der Waals surface area contributed by atoms with Crippen molar-refractivity contribution in [1.29, 1.82) is 0 Å². The molecule has 4 aromatic rings. The minimum atomic E-state index is -4.10. The number of fused-ring (bicyclic) bond motifs is 1. The van der Waals surface area contributed by atoms with Gasteiger partial charge in [0.15, 0.2) is 0 Å². The van der Waals surface area contributed by atoms with Gasteiger partial charge in [0.05, 0.1) is 25.2 Å². The van der Waals surface area contributed by atoms with Gasteiger partial charge in [0.1, 0.15) is 24.8 Å². The molecule has 0 atom stereocenters. The minimum absolute atomic E-state index is 0.0110. The zero-order valence-electron chi connectivity index (χ0n) is 17.6. The van der Waals surface area contributed by atoms with Crippen LogP contribution in [0.4, 0.5) is 10.1 Å². The van der Waals surface area contributed by atoms with Crippen LogP contribution in [0.3, 0.4) is 0 Å². The lowest BCUT2D eigenvalue weighted by Crippen LogP contribution is -2.15. The molecule has 0 aliphatic heterocycles. The first kappa shape index (κ1) is 23.6. The van der Waals surface area contributed by atoms with Gasteiger partial charge in [-0.05, 0) is 59.3 Å². The van der Waals surface area contributed by atoms with Gasteiger partial charge in [-0.1, -0.05) is 17.7 Å². The number of hydrogen-bond acceptors (Lipinski definition) is 7. The molecule has 0 radical (unpaired) electrons. The first-order valence-electron chi connectivity index (χ1n) is 9.87. The van der Waals surface area contributed by atoms with Crippen LogP contribution in [0.1, 0.15) is 5.56 Å². The van der Waals surface area contributed by atoms with Gasteiger partial charge in [-0.3, -0.25) is 10.1 Å². The van der Waals surface area contributed by atoms with Crippen LogP contribution >= 0.6 is 15.9 Å². The molecule has 0 amide bonds. The Balaban J connectivity index is 1.65. The van der Waals surface area contributed by atoms with E-state index in [-0.39, 0.29) is 40.6 Å². The van der Waals surface area contributed by atoms with Gasteiger partial charge >= 0.3 is 0 Å². The quantitative estimate of drug-likeness (QED) is 0.175. The molecule has 0 bridgehead atoms. The van der Waals surface area contributed by atoms with Crippen LogP contribution in [0.15, 0.2) is 70.0 Å². The molecule has 0 aliphatic rings. The smallest absolute Gasteiger partial charge is 0.283 e. The molecule has 0 saturated carbocycles. The van der Waals surface area contributed by atoms with Crippen LogP contribution in [-0.4, -0.2) is 35.7 Å². The Labute approximate surface area is 202 Å². The molecule has 0 spiro atoms. The average Bonchev–Trinajstić information content (AvgIpc) is 3.17. The zero-order chi connectivity index (χ0) is 24.5. The second kappa shape index (κ2) is 9.39. The molecule has 3 aromatic carbocycles. The van der Waals surface area contributed by atoms with Crippen LogP contribution in [0.25, 0.3) is 10.9 Å². The first-order valence-corrected chi connectivity index (χ1v) is 12.1. The van der Waals surface area contributed by atoms with Gasteiger partial charge in [0.25, 0.3) is 15.7 Å². The van der Waals surface area contributed by atoms with Crippen LogP contribution in [0, 0.1) is 22.9 Å². The average molecular weight is 550 g/mol. The molecule has 9 nitrogen and oxygen atoms in total. The molecule has 4 rings (SSSR count). The van der Waals surface area contributed by atoms with Gasteiger partial charge in [-0.25, -0.2) is 4.39 Å². The van der Waals surface area contributed by atoms with Crippen molar-refractivity contribution in [3.05, 3.63) is 86.6 Å². The molecule has 0 N–H and O–H groups in total. The molecular weight excluding hydrogens is 533 g/mol. The van der Waals surface area contributed by atoms with E-state index in [0.717, 1.165) is 9.65 Å². The third-order valence-electron chi connectivity index (χ3n) is 4.83. The lowest BCUT2D eigenvalue weighted by Gasteiger charge is -2.08. The summed E-state index contributed by atoms with van der Waals surface area (Å²) >= 11 is 3.20. The van der Waals surface area contributed by atoms with E-state index in [9.17, 15) is 22.9 Å². The van der Waals surface area contributed by atoms with Crippen molar-refractivity contribution in [2.24, 2.45) is 0 Å². The lowest BCUT2D eigenvalue weighted by molar-refractivity contribution is -0.384. The summed E-state index contributed by atoms with van der Waals surface area (Å²) < 4.78 is 52.1. The predicted molar refractivity (Wildman–Crippen MR) is 125 cm³/mol. The highest BCUT2D eigenvalue weighted by atomic mass is 79.9. The summed E-state index contributed by atoms with van der Waals surface area (Å²) in [6.45, 7) is 1.80. The number of aromatic nitrogens is 2. The fraction of sp³-hybridized carbons (Fsp3) is 0.136. The van der Waals surface area contributed by atoms with Crippen molar-refractivity contribution in [3.8, 4) is 11.6 Å². The van der Waals surface area contributed by atoms with Gasteiger partial charge < -0.3 is 9.47 Å². The maximum absolute atomic E-state index is 13.2. The minimum Gasteiger partial charge on any atom is -0.489 e. The lowest BCUT2D eigenvalue weighted by atomic mass is 10.2. The number of rotatable bonds is 8. The Morgan fingerprint density at radius 3 is 2.44 bits per heavy atom. The maximum atomic E-state index is 13.2. The van der Waals surface area contributed by atoms with Crippen molar-refractivity contribution in [1.82, 2.24) is 9.19 Å². The number of aryl methyl sites for hydroxylation is 1. The number of halogens is 2. The number of hydrogen-bond donors (Lipinski definition) is 0. The highest BCUT2D eigenvalue weighted by Gasteiger charge is 2.25. The first-order chi connectivity index (χ1) is 16.2. The Bertz CT molecular complexity index is 1490. The highest BCUT2D eigenvalue weighted by Crippen LogP contribution is 2.31. The van der Waals surface area contributed by atoms with Crippen molar-refractivity contribution in [3.63, 3.8) is 0 Å². The maximum Gasteiger partial charge on any atom is 0.283 e. The summed E-state index contributed by atoms with van der Waals surface area (Å²) in [6.07, 6.45) is 0. The molecule has 34 heavy (non-hydrogen) atoms. The number of ether oxygens (including phenoxy) is 2. The normalized spacial score (nSPS) is 11.5. The Morgan fingerprint density at radius 2 is 1.76 bits per heavy atom. The summed E-state index contributed by atoms with van der Waals surface area (Å²) in [6, 6.07) is 13.9. The van der Waals surface area contributed by atoms with Gasteiger partial charge in [-0.2, -0.15) is 8.42 Å². The Hall–Kier alpha value is -3.51. The fourth-order valence-corrected chi connectivity index (χ4v) is 4.89. The summed E-state index contributed by atoms with van der Waals surface area (Å²) in [5, 5.41) is 15.5. The molecular formula is C22H17BrFN3O6S. The van der Waals surface area contributed by atoms with E-state index in [1.165, 1.54) is 48.5 Å². The van der Waals surface area contributed by atoms with Crippen LogP contribution in [-0.2, 0) is 10.0 Å².